The minimum absolute atomic E-state index is 0.290. The summed E-state index contributed by atoms with van der Waals surface area (Å²) in [6.45, 7) is 4.85. The van der Waals surface area contributed by atoms with Crippen molar-refractivity contribution >= 4 is 40.5 Å². The van der Waals surface area contributed by atoms with E-state index >= 15 is 0 Å². The molecule has 28 heavy (non-hydrogen) atoms. The molecule has 3 aromatic rings. The SMILES string of the molecule is CCN1C(=O)N/C(=C/c2c(C)n(Cc3ccc(Cl)cc3)c3ccccc23)C1=O. The largest absolute Gasteiger partial charge is 0.340 e. The van der Waals surface area contributed by atoms with E-state index < -0.39 is 0 Å². The van der Waals surface area contributed by atoms with Gasteiger partial charge in [0.25, 0.3) is 5.91 Å². The lowest BCUT2D eigenvalue weighted by Crippen LogP contribution is -2.30. The van der Waals surface area contributed by atoms with E-state index in [1.807, 2.05) is 49.4 Å². The molecule has 0 aliphatic carbocycles. The molecule has 0 radical (unpaired) electrons. The summed E-state index contributed by atoms with van der Waals surface area (Å²) in [5, 5.41) is 4.43. The smallest absolute Gasteiger partial charge is 0.328 e. The number of likely N-dealkylation sites (N-methyl/N-ethyl adjacent to an activating group) is 1. The Hall–Kier alpha value is -3.05. The fraction of sp³-hybridized carbons (Fsp3) is 0.182. The maximum atomic E-state index is 12.5. The molecule has 0 atom stereocenters. The van der Waals surface area contributed by atoms with E-state index in [-0.39, 0.29) is 11.9 Å². The summed E-state index contributed by atoms with van der Waals surface area (Å²) in [5.41, 5.74) is 4.48. The molecule has 4 rings (SSSR count). The van der Waals surface area contributed by atoms with E-state index in [1.54, 1.807) is 13.0 Å². The van der Waals surface area contributed by atoms with Crippen LogP contribution in [0.3, 0.4) is 0 Å². The fourth-order valence-electron chi connectivity index (χ4n) is 3.62. The lowest BCUT2D eigenvalue weighted by molar-refractivity contribution is -0.122. The third-order valence-corrected chi connectivity index (χ3v) is 5.35. The van der Waals surface area contributed by atoms with Crippen molar-refractivity contribution in [1.82, 2.24) is 14.8 Å². The first kappa shape index (κ1) is 18.3. The molecule has 1 saturated heterocycles. The second-order valence-corrected chi connectivity index (χ2v) is 7.20. The first-order valence-electron chi connectivity index (χ1n) is 9.16. The maximum Gasteiger partial charge on any atom is 0.328 e. The van der Waals surface area contributed by atoms with Gasteiger partial charge in [0.15, 0.2) is 0 Å². The molecule has 1 aliphatic heterocycles. The number of nitrogens with one attached hydrogen (secondary N) is 1. The summed E-state index contributed by atoms with van der Waals surface area (Å²) in [6.07, 6.45) is 1.78. The number of rotatable bonds is 4. The molecule has 6 heteroatoms. The number of halogens is 1. The number of hydrogen-bond acceptors (Lipinski definition) is 2. The Morgan fingerprint density at radius 2 is 1.79 bits per heavy atom. The van der Waals surface area contributed by atoms with E-state index in [0.717, 1.165) is 27.7 Å². The lowest BCUT2D eigenvalue weighted by Gasteiger charge is -2.09. The van der Waals surface area contributed by atoms with E-state index in [9.17, 15) is 9.59 Å². The Bertz CT molecular complexity index is 1110. The van der Waals surface area contributed by atoms with Crippen molar-refractivity contribution in [1.29, 1.82) is 0 Å². The molecular weight excluding hydrogens is 374 g/mol. The predicted molar refractivity (Wildman–Crippen MR) is 111 cm³/mol. The van der Waals surface area contributed by atoms with E-state index in [2.05, 4.69) is 16.0 Å². The topological polar surface area (TPSA) is 54.3 Å². The number of nitrogens with zero attached hydrogens (tertiary/aromatic N) is 2. The third-order valence-electron chi connectivity index (χ3n) is 5.10. The number of carbonyl (C=O) groups excluding carboxylic acids is 2. The van der Waals surface area contributed by atoms with Crippen molar-refractivity contribution < 1.29 is 9.59 Å². The van der Waals surface area contributed by atoms with Gasteiger partial charge in [-0.2, -0.15) is 0 Å². The van der Waals surface area contributed by atoms with Gasteiger partial charge in [-0.3, -0.25) is 9.69 Å². The van der Waals surface area contributed by atoms with Crippen LogP contribution >= 0.6 is 11.6 Å². The van der Waals surface area contributed by atoms with Gasteiger partial charge in [0.1, 0.15) is 5.70 Å². The molecule has 0 bridgehead atoms. The molecule has 0 spiro atoms. The zero-order valence-corrected chi connectivity index (χ0v) is 16.5. The Labute approximate surface area is 168 Å². The van der Waals surface area contributed by atoms with Gasteiger partial charge >= 0.3 is 6.03 Å². The second-order valence-electron chi connectivity index (χ2n) is 6.77. The second kappa shape index (κ2) is 7.17. The van der Waals surface area contributed by atoms with Crippen LogP contribution in [0.1, 0.15) is 23.7 Å². The van der Waals surface area contributed by atoms with Gasteiger partial charge < -0.3 is 9.88 Å². The van der Waals surface area contributed by atoms with Gasteiger partial charge in [0.05, 0.1) is 0 Å². The molecular formula is C22H20ClN3O2. The molecule has 1 N–H and O–H groups in total. The third kappa shape index (κ3) is 3.08. The molecule has 142 valence electrons. The molecule has 2 aromatic carbocycles. The van der Waals surface area contributed by atoms with Crippen LogP contribution in [0, 0.1) is 6.92 Å². The first-order valence-corrected chi connectivity index (χ1v) is 9.54. The normalized spacial score (nSPS) is 15.7. The number of urea groups is 1. The zero-order chi connectivity index (χ0) is 19.8. The molecule has 1 aliphatic rings. The zero-order valence-electron chi connectivity index (χ0n) is 15.7. The first-order chi connectivity index (χ1) is 13.5. The Morgan fingerprint density at radius 1 is 1.07 bits per heavy atom. The number of aromatic nitrogens is 1. The fourth-order valence-corrected chi connectivity index (χ4v) is 3.75. The highest BCUT2D eigenvalue weighted by atomic mass is 35.5. The number of benzene rings is 2. The van der Waals surface area contributed by atoms with Crippen molar-refractivity contribution in [2.75, 3.05) is 6.54 Å². The van der Waals surface area contributed by atoms with Crippen molar-refractivity contribution in [3.8, 4) is 0 Å². The molecule has 3 amide bonds. The molecule has 1 fully saturated rings. The van der Waals surface area contributed by atoms with Crippen LogP contribution in [0.4, 0.5) is 4.79 Å². The Balaban J connectivity index is 1.81. The Kier molecular flexibility index (Phi) is 4.69. The summed E-state index contributed by atoms with van der Waals surface area (Å²) in [4.78, 5) is 25.7. The Morgan fingerprint density at radius 3 is 2.46 bits per heavy atom. The van der Waals surface area contributed by atoms with Crippen LogP contribution in [0.15, 0.2) is 54.2 Å². The summed E-state index contributed by atoms with van der Waals surface area (Å²) in [7, 11) is 0. The molecule has 5 nitrogen and oxygen atoms in total. The number of imide groups is 1. The van der Waals surface area contributed by atoms with E-state index in [1.165, 1.54) is 4.90 Å². The summed E-state index contributed by atoms with van der Waals surface area (Å²) >= 11 is 6.00. The lowest BCUT2D eigenvalue weighted by atomic mass is 10.1. The van der Waals surface area contributed by atoms with Gasteiger partial charge in [-0.1, -0.05) is 41.9 Å². The number of carbonyl (C=O) groups is 2. The van der Waals surface area contributed by atoms with Crippen LogP contribution in [0.25, 0.3) is 17.0 Å². The van der Waals surface area contributed by atoms with Crippen LogP contribution < -0.4 is 5.32 Å². The van der Waals surface area contributed by atoms with Crippen molar-refractivity contribution in [2.24, 2.45) is 0 Å². The highest BCUT2D eigenvalue weighted by Gasteiger charge is 2.32. The van der Waals surface area contributed by atoms with Crippen LogP contribution in [-0.2, 0) is 11.3 Å². The highest BCUT2D eigenvalue weighted by molar-refractivity contribution is 6.30. The molecule has 0 saturated carbocycles. The van der Waals surface area contributed by atoms with Gasteiger partial charge in [-0.05, 0) is 43.7 Å². The van der Waals surface area contributed by atoms with Gasteiger partial charge in [0, 0.05) is 40.3 Å². The molecule has 1 aromatic heterocycles. The number of fused-ring (bicyclic) bond motifs is 1. The molecule has 0 unspecified atom stereocenters. The van der Waals surface area contributed by atoms with E-state index in [0.29, 0.717) is 23.8 Å². The summed E-state index contributed by atoms with van der Waals surface area (Å²) in [6, 6.07) is 15.5. The average molecular weight is 394 g/mol. The number of hydrogen-bond donors (Lipinski definition) is 1. The maximum absolute atomic E-state index is 12.5. The standard InChI is InChI=1S/C22H20ClN3O2/c1-3-25-21(27)19(24-22(25)28)12-18-14(2)26(20-7-5-4-6-17(18)20)13-15-8-10-16(23)11-9-15/h4-12H,3,13H2,1-2H3,(H,24,28)/b19-12+. The van der Waals surface area contributed by atoms with Crippen molar-refractivity contribution in [3.63, 3.8) is 0 Å². The van der Waals surface area contributed by atoms with Gasteiger partial charge in [-0.15, -0.1) is 0 Å². The van der Waals surface area contributed by atoms with Crippen molar-refractivity contribution in [2.45, 2.75) is 20.4 Å². The molecule has 2 heterocycles. The van der Waals surface area contributed by atoms with E-state index in [4.69, 9.17) is 11.6 Å². The minimum Gasteiger partial charge on any atom is -0.340 e. The van der Waals surface area contributed by atoms with Crippen molar-refractivity contribution in [3.05, 3.63) is 76.1 Å². The van der Waals surface area contributed by atoms with Gasteiger partial charge in [0.2, 0.25) is 0 Å². The monoisotopic (exact) mass is 393 g/mol. The van der Waals surface area contributed by atoms with Crippen LogP contribution in [-0.4, -0.2) is 28.0 Å². The number of amides is 3. The summed E-state index contributed by atoms with van der Waals surface area (Å²) < 4.78 is 2.21. The average Bonchev–Trinajstić information content (AvgIpc) is 3.11. The highest BCUT2D eigenvalue weighted by Crippen LogP contribution is 2.29. The summed E-state index contributed by atoms with van der Waals surface area (Å²) in [5.74, 6) is -0.290. The number of para-hydroxylation sites is 1. The minimum atomic E-state index is -0.374. The quantitative estimate of drug-likeness (QED) is 0.521. The van der Waals surface area contributed by atoms with Crippen LogP contribution in [0.5, 0.6) is 0 Å². The van der Waals surface area contributed by atoms with Gasteiger partial charge in [-0.25, -0.2) is 4.79 Å². The predicted octanol–water partition coefficient (Wildman–Crippen LogP) is 4.56. The van der Waals surface area contributed by atoms with Crippen LogP contribution in [0.2, 0.25) is 5.02 Å².